The normalized spacial score (nSPS) is 16.6. The first kappa shape index (κ1) is 26.0. The molecule has 1 aliphatic rings. The van der Waals surface area contributed by atoms with Gasteiger partial charge < -0.3 is 14.8 Å². The lowest BCUT2D eigenvalue weighted by Gasteiger charge is -2.29. The first-order valence-corrected chi connectivity index (χ1v) is 13.9. The summed E-state index contributed by atoms with van der Waals surface area (Å²) in [5, 5.41) is 15.6. The van der Waals surface area contributed by atoms with Crippen molar-refractivity contribution in [2.45, 2.75) is 21.9 Å². The summed E-state index contributed by atoms with van der Waals surface area (Å²) in [6.45, 7) is 0. The van der Waals surface area contributed by atoms with Crippen LogP contribution in [0, 0.1) is 10.1 Å². The number of rotatable bonds is 7. The molecule has 0 saturated carbocycles. The fourth-order valence-electron chi connectivity index (χ4n) is 4.73. The highest BCUT2D eigenvalue weighted by molar-refractivity contribution is 7.99. The standard InChI is InChI=1S/C29H21ClN6O2S2/c30-19-6-15-26(32-18-19)34-17-3-5-25(34)28-27(24-4-1-2-16-31-24)33-29(39)35(28)20-7-11-22(12-8-20)40-23-13-9-21(10-14-23)36(37)38/h1-18,27-28H,(H,33,39)/t27-,28+/m0/s1. The molecule has 0 amide bonds. The minimum Gasteiger partial charge on any atom is -0.351 e. The molecule has 1 N–H and O–H groups in total. The van der Waals surface area contributed by atoms with E-state index in [-0.39, 0.29) is 17.8 Å². The van der Waals surface area contributed by atoms with Gasteiger partial charge in [0.25, 0.3) is 5.69 Å². The number of pyridine rings is 2. The van der Waals surface area contributed by atoms with E-state index >= 15 is 0 Å². The number of nitro benzene ring substituents is 1. The Labute approximate surface area is 244 Å². The van der Waals surface area contributed by atoms with Gasteiger partial charge in [0.1, 0.15) is 11.9 Å². The van der Waals surface area contributed by atoms with Crippen LogP contribution < -0.4 is 10.2 Å². The lowest BCUT2D eigenvalue weighted by atomic mass is 10.0. The van der Waals surface area contributed by atoms with E-state index in [2.05, 4.69) is 26.3 Å². The summed E-state index contributed by atoms with van der Waals surface area (Å²) in [6.07, 6.45) is 5.39. The largest absolute Gasteiger partial charge is 0.351 e. The molecule has 40 heavy (non-hydrogen) atoms. The Balaban J connectivity index is 1.35. The summed E-state index contributed by atoms with van der Waals surface area (Å²) < 4.78 is 2.04. The van der Waals surface area contributed by atoms with Crippen LogP contribution in [-0.2, 0) is 0 Å². The van der Waals surface area contributed by atoms with Gasteiger partial charge in [-0.25, -0.2) is 4.98 Å². The Kier molecular flexibility index (Phi) is 7.21. The zero-order chi connectivity index (χ0) is 27.6. The molecule has 0 bridgehead atoms. The van der Waals surface area contributed by atoms with Crippen LogP contribution in [0.2, 0.25) is 5.02 Å². The molecule has 5 aromatic rings. The number of hydrogen-bond donors (Lipinski definition) is 1. The van der Waals surface area contributed by atoms with Gasteiger partial charge in [-0.2, -0.15) is 0 Å². The third-order valence-electron chi connectivity index (χ3n) is 6.54. The molecule has 1 aliphatic heterocycles. The second-order valence-corrected chi connectivity index (χ2v) is 11.0. The number of benzene rings is 2. The number of thiocarbonyl (C=S) groups is 1. The molecular formula is C29H21ClN6O2S2. The van der Waals surface area contributed by atoms with E-state index in [0.717, 1.165) is 32.7 Å². The quantitative estimate of drug-likeness (QED) is 0.122. The van der Waals surface area contributed by atoms with E-state index in [1.807, 2.05) is 71.4 Å². The highest BCUT2D eigenvalue weighted by Crippen LogP contribution is 2.42. The van der Waals surface area contributed by atoms with Gasteiger partial charge in [0, 0.05) is 51.9 Å². The predicted octanol–water partition coefficient (Wildman–Crippen LogP) is 7.16. The van der Waals surface area contributed by atoms with Crippen LogP contribution in [0.4, 0.5) is 11.4 Å². The van der Waals surface area contributed by atoms with Crippen molar-refractivity contribution in [3.05, 3.63) is 136 Å². The fraction of sp³-hybridized carbons (Fsp3) is 0.0690. The van der Waals surface area contributed by atoms with Gasteiger partial charge >= 0.3 is 0 Å². The van der Waals surface area contributed by atoms with Crippen LogP contribution in [0.3, 0.4) is 0 Å². The molecule has 8 nitrogen and oxygen atoms in total. The summed E-state index contributed by atoms with van der Waals surface area (Å²) in [5.41, 5.74) is 2.86. The molecule has 2 aromatic carbocycles. The molecule has 0 radical (unpaired) electrons. The Morgan fingerprint density at radius 2 is 1.68 bits per heavy atom. The number of anilines is 1. The average molecular weight is 585 g/mol. The maximum atomic E-state index is 11.0. The Morgan fingerprint density at radius 3 is 2.33 bits per heavy atom. The lowest BCUT2D eigenvalue weighted by molar-refractivity contribution is -0.384. The van der Waals surface area contributed by atoms with E-state index in [9.17, 15) is 10.1 Å². The number of aromatic nitrogens is 3. The zero-order valence-corrected chi connectivity index (χ0v) is 23.2. The monoisotopic (exact) mass is 584 g/mol. The second kappa shape index (κ2) is 11.1. The highest BCUT2D eigenvalue weighted by Gasteiger charge is 2.42. The van der Waals surface area contributed by atoms with Crippen molar-refractivity contribution in [2.75, 3.05) is 4.90 Å². The number of halogens is 1. The summed E-state index contributed by atoms with van der Waals surface area (Å²) >= 11 is 13.5. The SMILES string of the molecule is O=[N+]([O-])c1ccc(Sc2ccc(N3C(=S)N[C@@H](c4ccccn4)[C@H]3c3cccn3-c3ccc(Cl)cn3)cc2)cc1. The van der Waals surface area contributed by atoms with Crippen LogP contribution in [0.5, 0.6) is 0 Å². The zero-order valence-electron chi connectivity index (χ0n) is 20.8. The van der Waals surface area contributed by atoms with Crippen molar-refractivity contribution in [3.8, 4) is 5.82 Å². The van der Waals surface area contributed by atoms with Gasteiger partial charge in [-0.15, -0.1) is 0 Å². The number of hydrogen-bond acceptors (Lipinski definition) is 6. The van der Waals surface area contributed by atoms with Crippen LogP contribution in [-0.4, -0.2) is 24.6 Å². The molecule has 0 aliphatic carbocycles. The van der Waals surface area contributed by atoms with Gasteiger partial charge in [-0.05, 0) is 85.0 Å². The van der Waals surface area contributed by atoms with Gasteiger partial charge in [0.15, 0.2) is 5.11 Å². The fourth-order valence-corrected chi connectivity index (χ4v) is 6.01. The van der Waals surface area contributed by atoms with Gasteiger partial charge in [-0.3, -0.25) is 15.1 Å². The molecule has 11 heteroatoms. The second-order valence-electron chi connectivity index (χ2n) is 8.98. The Hall–Kier alpha value is -4.25. The van der Waals surface area contributed by atoms with Gasteiger partial charge in [0.2, 0.25) is 0 Å². The molecule has 198 valence electrons. The minimum absolute atomic E-state index is 0.0711. The number of nitrogens with one attached hydrogen (secondary N) is 1. The van der Waals surface area contributed by atoms with Crippen molar-refractivity contribution < 1.29 is 4.92 Å². The molecule has 4 heterocycles. The van der Waals surface area contributed by atoms with Crippen molar-refractivity contribution in [2.24, 2.45) is 0 Å². The predicted molar refractivity (Wildman–Crippen MR) is 160 cm³/mol. The summed E-state index contributed by atoms with van der Waals surface area (Å²) in [6, 6.07) is 27.8. The van der Waals surface area contributed by atoms with Crippen LogP contribution in [0.1, 0.15) is 23.5 Å². The maximum Gasteiger partial charge on any atom is 0.269 e. The lowest BCUT2D eigenvalue weighted by Crippen LogP contribution is -2.30. The molecule has 0 unspecified atom stereocenters. The maximum absolute atomic E-state index is 11.0. The van der Waals surface area contributed by atoms with Crippen molar-refractivity contribution in [1.82, 2.24) is 19.9 Å². The molecule has 6 rings (SSSR count). The van der Waals surface area contributed by atoms with Gasteiger partial charge in [-0.1, -0.05) is 29.4 Å². The summed E-state index contributed by atoms with van der Waals surface area (Å²) in [5.74, 6) is 0.747. The van der Waals surface area contributed by atoms with E-state index in [4.69, 9.17) is 23.8 Å². The number of nitrogens with zero attached hydrogens (tertiary/aromatic N) is 5. The van der Waals surface area contributed by atoms with Crippen LogP contribution in [0.15, 0.2) is 119 Å². The van der Waals surface area contributed by atoms with Crippen molar-refractivity contribution in [3.63, 3.8) is 0 Å². The van der Waals surface area contributed by atoms with E-state index in [1.165, 1.54) is 23.9 Å². The summed E-state index contributed by atoms with van der Waals surface area (Å²) in [4.78, 5) is 23.8. The Morgan fingerprint density at radius 1 is 0.925 bits per heavy atom. The topological polar surface area (TPSA) is 89.1 Å². The number of non-ortho nitro benzene ring substituents is 1. The Bertz CT molecular complexity index is 1660. The molecule has 0 spiro atoms. The molecule has 2 atom stereocenters. The third kappa shape index (κ3) is 5.16. The molecule has 1 saturated heterocycles. The minimum atomic E-state index is -0.399. The number of nitro groups is 1. The average Bonchev–Trinajstić information content (AvgIpc) is 3.59. The highest BCUT2D eigenvalue weighted by atomic mass is 35.5. The molecule has 1 fully saturated rings. The first-order chi connectivity index (χ1) is 19.5. The van der Waals surface area contributed by atoms with E-state index in [1.54, 1.807) is 24.5 Å². The first-order valence-electron chi connectivity index (χ1n) is 12.3. The molecule has 3 aromatic heterocycles. The van der Waals surface area contributed by atoms with Crippen molar-refractivity contribution in [1.29, 1.82) is 0 Å². The van der Waals surface area contributed by atoms with Gasteiger partial charge in [0.05, 0.1) is 21.7 Å². The van der Waals surface area contributed by atoms with Crippen LogP contribution >= 0.6 is 35.6 Å². The molecular weight excluding hydrogens is 564 g/mol. The van der Waals surface area contributed by atoms with E-state index in [0.29, 0.717) is 10.1 Å². The summed E-state index contributed by atoms with van der Waals surface area (Å²) in [7, 11) is 0. The third-order valence-corrected chi connectivity index (χ3v) is 8.09. The van der Waals surface area contributed by atoms with Crippen LogP contribution in [0.25, 0.3) is 5.82 Å². The van der Waals surface area contributed by atoms with E-state index < -0.39 is 4.92 Å². The smallest absolute Gasteiger partial charge is 0.269 e. The van der Waals surface area contributed by atoms with Crippen molar-refractivity contribution >= 4 is 52.1 Å².